The number of fused-ring (bicyclic) bond motifs is 1. The summed E-state index contributed by atoms with van der Waals surface area (Å²) in [6, 6.07) is 10.4. The smallest absolute Gasteiger partial charge is 0.250 e. The maximum Gasteiger partial charge on any atom is 0.250 e. The molecule has 0 saturated heterocycles. The molecule has 2 aromatic rings. The van der Waals surface area contributed by atoms with Crippen molar-refractivity contribution in [2.45, 2.75) is 42.5 Å². The van der Waals surface area contributed by atoms with E-state index >= 15 is 0 Å². The van der Waals surface area contributed by atoms with Gasteiger partial charge in [0, 0.05) is 0 Å². The average molecular weight is 364 g/mol. The molecule has 2 unspecified atom stereocenters. The van der Waals surface area contributed by atoms with Gasteiger partial charge in [-0.1, -0.05) is 30.3 Å². The van der Waals surface area contributed by atoms with E-state index in [9.17, 15) is 13.2 Å². The third-order valence-corrected chi connectivity index (χ3v) is 7.11. The first kappa shape index (κ1) is 17.1. The molecule has 0 fully saturated rings. The molecule has 0 spiro atoms. The molecule has 1 amide bonds. The molecule has 128 valence electrons. The van der Waals surface area contributed by atoms with E-state index in [2.05, 4.69) is 16.1 Å². The van der Waals surface area contributed by atoms with Gasteiger partial charge in [0.1, 0.15) is 4.21 Å². The standard InChI is InChI=1S/C17H20N2O3S2/c1-12(19-24(21,22)16-10-5-11-23-16)17(20)18-15-9-4-7-13-6-2-3-8-14(13)15/h2-3,5-6,8,10-12,15,19H,4,7,9H2,1H3,(H,18,20). The maximum atomic E-state index is 12.4. The van der Waals surface area contributed by atoms with Crippen LogP contribution in [0.5, 0.6) is 0 Å². The minimum absolute atomic E-state index is 0.0591. The van der Waals surface area contributed by atoms with Gasteiger partial charge < -0.3 is 5.32 Å². The molecule has 2 N–H and O–H groups in total. The van der Waals surface area contributed by atoms with Crippen molar-refractivity contribution < 1.29 is 13.2 Å². The maximum absolute atomic E-state index is 12.4. The highest BCUT2D eigenvalue weighted by Gasteiger charge is 2.26. The Morgan fingerprint density at radius 3 is 2.79 bits per heavy atom. The lowest BCUT2D eigenvalue weighted by atomic mass is 9.87. The Bertz CT molecular complexity index is 816. The molecule has 24 heavy (non-hydrogen) atoms. The van der Waals surface area contributed by atoms with Crippen LogP contribution in [0.3, 0.4) is 0 Å². The summed E-state index contributed by atoms with van der Waals surface area (Å²) in [6.45, 7) is 1.56. The lowest BCUT2D eigenvalue weighted by molar-refractivity contribution is -0.123. The predicted molar refractivity (Wildman–Crippen MR) is 94.4 cm³/mol. The first-order valence-corrected chi connectivity index (χ1v) is 10.3. The Morgan fingerprint density at radius 1 is 1.25 bits per heavy atom. The summed E-state index contributed by atoms with van der Waals surface area (Å²) in [6.07, 6.45) is 2.90. The second-order valence-electron chi connectivity index (χ2n) is 5.93. The highest BCUT2D eigenvalue weighted by molar-refractivity contribution is 7.91. The lowest BCUT2D eigenvalue weighted by Crippen LogP contribution is -2.46. The molecule has 0 aliphatic heterocycles. The Morgan fingerprint density at radius 2 is 2.04 bits per heavy atom. The van der Waals surface area contributed by atoms with Crippen molar-refractivity contribution in [3.63, 3.8) is 0 Å². The van der Waals surface area contributed by atoms with Crippen LogP contribution in [-0.2, 0) is 21.2 Å². The number of amides is 1. The zero-order valence-corrected chi connectivity index (χ0v) is 15.0. The highest BCUT2D eigenvalue weighted by Crippen LogP contribution is 2.29. The first-order chi connectivity index (χ1) is 11.5. The van der Waals surface area contributed by atoms with Crippen molar-refractivity contribution in [1.82, 2.24) is 10.0 Å². The molecule has 0 saturated carbocycles. The van der Waals surface area contributed by atoms with Crippen LogP contribution in [0, 0.1) is 0 Å². The topological polar surface area (TPSA) is 75.3 Å². The number of hydrogen-bond acceptors (Lipinski definition) is 4. The van der Waals surface area contributed by atoms with Crippen molar-refractivity contribution in [3.8, 4) is 0 Å². The normalized spacial score (nSPS) is 18.6. The van der Waals surface area contributed by atoms with Gasteiger partial charge in [0.25, 0.3) is 10.0 Å². The van der Waals surface area contributed by atoms with Crippen LogP contribution in [0.1, 0.15) is 36.9 Å². The molecule has 7 heteroatoms. The van der Waals surface area contributed by atoms with Gasteiger partial charge in [-0.3, -0.25) is 4.79 Å². The molecule has 3 rings (SSSR count). The van der Waals surface area contributed by atoms with Gasteiger partial charge in [-0.25, -0.2) is 8.42 Å². The Kier molecular flexibility index (Phi) is 5.03. The second-order valence-corrected chi connectivity index (χ2v) is 8.82. The molecule has 0 bridgehead atoms. The summed E-state index contributed by atoms with van der Waals surface area (Å²) in [5.41, 5.74) is 2.38. The van der Waals surface area contributed by atoms with Crippen LogP contribution in [0.15, 0.2) is 46.0 Å². The van der Waals surface area contributed by atoms with E-state index < -0.39 is 16.1 Å². The van der Waals surface area contributed by atoms with Crippen LogP contribution in [-0.4, -0.2) is 20.4 Å². The SMILES string of the molecule is CC(NS(=O)(=O)c1cccs1)C(=O)NC1CCCc2ccccc21. The van der Waals surface area contributed by atoms with Crippen LogP contribution in [0.2, 0.25) is 0 Å². The Balaban J connectivity index is 1.67. The second kappa shape index (κ2) is 7.04. The summed E-state index contributed by atoms with van der Waals surface area (Å²) < 4.78 is 27.1. The van der Waals surface area contributed by atoms with Gasteiger partial charge in [-0.05, 0) is 48.8 Å². The summed E-state index contributed by atoms with van der Waals surface area (Å²) in [5.74, 6) is -0.308. The molecule has 1 aliphatic rings. The fraction of sp³-hybridized carbons (Fsp3) is 0.353. The van der Waals surface area contributed by atoms with E-state index in [-0.39, 0.29) is 16.2 Å². The Hall–Kier alpha value is -1.70. The number of sulfonamides is 1. The number of rotatable bonds is 5. The highest BCUT2D eigenvalue weighted by atomic mass is 32.2. The van der Waals surface area contributed by atoms with Gasteiger partial charge in [-0.15, -0.1) is 11.3 Å². The Labute approximate surface area is 146 Å². The molecule has 1 aromatic carbocycles. The fourth-order valence-corrected chi connectivity index (χ4v) is 5.17. The number of benzene rings is 1. The molecule has 1 aromatic heterocycles. The van der Waals surface area contributed by atoms with Crippen LogP contribution in [0.4, 0.5) is 0 Å². The predicted octanol–water partition coefficient (Wildman–Crippen LogP) is 2.61. The number of carbonyl (C=O) groups excluding carboxylic acids is 1. The number of aryl methyl sites for hydroxylation is 1. The van der Waals surface area contributed by atoms with Gasteiger partial charge in [0.2, 0.25) is 5.91 Å². The largest absolute Gasteiger partial charge is 0.348 e. The van der Waals surface area contributed by atoms with Gasteiger partial charge in [0.05, 0.1) is 12.1 Å². The van der Waals surface area contributed by atoms with Crippen molar-refractivity contribution in [1.29, 1.82) is 0 Å². The number of nitrogens with one attached hydrogen (secondary N) is 2. The third kappa shape index (κ3) is 3.68. The molecule has 0 radical (unpaired) electrons. The van der Waals surface area contributed by atoms with E-state index in [4.69, 9.17) is 0 Å². The van der Waals surface area contributed by atoms with E-state index in [0.717, 1.165) is 36.2 Å². The van der Waals surface area contributed by atoms with Crippen LogP contribution >= 0.6 is 11.3 Å². The number of carbonyl (C=O) groups is 1. The van der Waals surface area contributed by atoms with Crippen molar-refractivity contribution in [3.05, 3.63) is 52.9 Å². The van der Waals surface area contributed by atoms with Crippen LogP contribution < -0.4 is 10.0 Å². The van der Waals surface area contributed by atoms with Crippen molar-refractivity contribution >= 4 is 27.3 Å². The average Bonchev–Trinajstić information content (AvgIpc) is 3.10. The number of hydrogen-bond donors (Lipinski definition) is 2. The van der Waals surface area contributed by atoms with Crippen molar-refractivity contribution in [2.75, 3.05) is 0 Å². The van der Waals surface area contributed by atoms with Crippen molar-refractivity contribution in [2.24, 2.45) is 0 Å². The minimum Gasteiger partial charge on any atom is -0.348 e. The van der Waals surface area contributed by atoms with Gasteiger partial charge >= 0.3 is 0 Å². The summed E-state index contributed by atoms with van der Waals surface area (Å²) in [5, 5.41) is 4.67. The van der Waals surface area contributed by atoms with E-state index in [1.54, 1.807) is 18.4 Å². The monoisotopic (exact) mass is 364 g/mol. The summed E-state index contributed by atoms with van der Waals surface area (Å²) >= 11 is 1.13. The molecule has 2 atom stereocenters. The lowest BCUT2D eigenvalue weighted by Gasteiger charge is -2.27. The van der Waals surface area contributed by atoms with Gasteiger partial charge in [-0.2, -0.15) is 4.72 Å². The first-order valence-electron chi connectivity index (χ1n) is 7.91. The minimum atomic E-state index is -3.65. The van der Waals surface area contributed by atoms with E-state index in [1.807, 2.05) is 18.2 Å². The molecule has 1 heterocycles. The fourth-order valence-electron chi connectivity index (χ4n) is 2.96. The molecule has 5 nitrogen and oxygen atoms in total. The number of thiophene rings is 1. The van der Waals surface area contributed by atoms with E-state index in [0.29, 0.717) is 0 Å². The van der Waals surface area contributed by atoms with E-state index in [1.165, 1.54) is 11.6 Å². The third-order valence-electron chi connectivity index (χ3n) is 4.17. The summed E-state index contributed by atoms with van der Waals surface area (Å²) in [7, 11) is -3.65. The summed E-state index contributed by atoms with van der Waals surface area (Å²) in [4.78, 5) is 12.4. The quantitative estimate of drug-likeness (QED) is 0.856. The van der Waals surface area contributed by atoms with Crippen LogP contribution in [0.25, 0.3) is 0 Å². The molecular formula is C17H20N2O3S2. The molecular weight excluding hydrogens is 344 g/mol. The van der Waals surface area contributed by atoms with Gasteiger partial charge in [0.15, 0.2) is 0 Å². The zero-order valence-electron chi connectivity index (χ0n) is 13.4. The molecule has 1 aliphatic carbocycles. The zero-order chi connectivity index (χ0) is 17.2.